The van der Waals surface area contributed by atoms with Gasteiger partial charge in [0.1, 0.15) is 0 Å². The van der Waals surface area contributed by atoms with Crippen LogP contribution in [0.3, 0.4) is 0 Å². The van der Waals surface area contributed by atoms with Gasteiger partial charge < -0.3 is 5.11 Å². The van der Waals surface area contributed by atoms with Gasteiger partial charge in [-0.15, -0.1) is 10.2 Å². The number of thioether (sulfide) groups is 1. The molecule has 6 heteroatoms. The van der Waals surface area contributed by atoms with Gasteiger partial charge in [-0.3, -0.25) is 4.57 Å². The van der Waals surface area contributed by atoms with Crippen molar-refractivity contribution in [2.24, 2.45) is 0 Å². The van der Waals surface area contributed by atoms with E-state index >= 15 is 0 Å². The van der Waals surface area contributed by atoms with E-state index in [4.69, 9.17) is 11.6 Å². The Balaban J connectivity index is 1.96. The van der Waals surface area contributed by atoms with Crippen LogP contribution in [0, 0.1) is 0 Å². The molecule has 1 N–H and O–H groups in total. The van der Waals surface area contributed by atoms with Crippen molar-refractivity contribution in [1.82, 2.24) is 14.8 Å². The highest BCUT2D eigenvalue weighted by Gasteiger charge is 2.19. The molecular weight excluding hydrogens is 354 g/mol. The normalized spacial score (nSPS) is 11.7. The molecule has 25 heavy (non-hydrogen) atoms. The Hall–Kier alpha value is -1.82. The Morgan fingerprint density at radius 1 is 1.04 bits per heavy atom. The number of aliphatic hydroxyl groups is 1. The van der Waals surface area contributed by atoms with Crippen LogP contribution in [0.4, 0.5) is 0 Å². The van der Waals surface area contributed by atoms with Crippen LogP contribution in [0.2, 0.25) is 5.02 Å². The fourth-order valence-electron chi connectivity index (χ4n) is 2.36. The molecule has 0 unspecified atom stereocenters. The number of nitrogens with zero attached hydrogens (tertiary/aromatic N) is 3. The maximum atomic E-state index is 10.0. The average Bonchev–Trinajstić information content (AvgIpc) is 2.97. The molecule has 3 rings (SSSR count). The van der Waals surface area contributed by atoms with E-state index in [1.54, 1.807) is 13.8 Å². The fraction of sp³-hybridized carbons (Fsp3) is 0.263. The van der Waals surface area contributed by atoms with Crippen LogP contribution >= 0.6 is 23.4 Å². The zero-order chi connectivity index (χ0) is 17.9. The standard InChI is InChI=1S/C19H20ClN3OS/c1-19(2,24)13-25-18-22-21-17(15-8-10-16(20)11-9-15)23(18)12-14-6-4-3-5-7-14/h3-11,24H,12-13H2,1-2H3. The van der Waals surface area contributed by atoms with E-state index in [1.165, 1.54) is 17.3 Å². The maximum absolute atomic E-state index is 10.0. The van der Waals surface area contributed by atoms with Crippen molar-refractivity contribution in [1.29, 1.82) is 0 Å². The van der Waals surface area contributed by atoms with E-state index in [9.17, 15) is 5.11 Å². The molecule has 0 saturated carbocycles. The van der Waals surface area contributed by atoms with E-state index in [0.29, 0.717) is 17.3 Å². The lowest BCUT2D eigenvalue weighted by atomic mass is 10.2. The molecule has 0 amide bonds. The summed E-state index contributed by atoms with van der Waals surface area (Å²) in [5.74, 6) is 1.33. The minimum Gasteiger partial charge on any atom is -0.390 e. The minimum absolute atomic E-state index is 0.542. The third-order valence-electron chi connectivity index (χ3n) is 3.56. The van der Waals surface area contributed by atoms with Gasteiger partial charge in [-0.1, -0.05) is 53.7 Å². The van der Waals surface area contributed by atoms with Crippen molar-refractivity contribution in [2.75, 3.05) is 5.75 Å². The van der Waals surface area contributed by atoms with E-state index in [1.807, 2.05) is 42.5 Å². The molecule has 4 nitrogen and oxygen atoms in total. The predicted octanol–water partition coefficient (Wildman–Crippen LogP) is 4.51. The Bertz CT molecular complexity index is 826. The molecular formula is C19H20ClN3OS. The lowest BCUT2D eigenvalue weighted by Crippen LogP contribution is -2.22. The molecule has 0 aliphatic rings. The Morgan fingerprint density at radius 3 is 2.36 bits per heavy atom. The molecule has 1 heterocycles. The van der Waals surface area contributed by atoms with Gasteiger partial charge >= 0.3 is 0 Å². The third kappa shape index (κ3) is 4.84. The van der Waals surface area contributed by atoms with Crippen molar-refractivity contribution in [2.45, 2.75) is 31.1 Å². The summed E-state index contributed by atoms with van der Waals surface area (Å²) in [6.45, 7) is 4.25. The van der Waals surface area contributed by atoms with Gasteiger partial charge in [0.2, 0.25) is 0 Å². The third-order valence-corrected chi connectivity index (χ3v) is 5.22. The summed E-state index contributed by atoms with van der Waals surface area (Å²) in [6.07, 6.45) is 0. The minimum atomic E-state index is -0.769. The van der Waals surface area contributed by atoms with Gasteiger partial charge in [-0.25, -0.2) is 0 Å². The summed E-state index contributed by atoms with van der Waals surface area (Å²) in [5.41, 5.74) is 1.36. The Morgan fingerprint density at radius 2 is 1.72 bits per heavy atom. The van der Waals surface area contributed by atoms with E-state index in [0.717, 1.165) is 16.5 Å². The van der Waals surface area contributed by atoms with Crippen LogP contribution < -0.4 is 0 Å². The van der Waals surface area contributed by atoms with Crippen LogP contribution in [0.5, 0.6) is 0 Å². The van der Waals surface area contributed by atoms with Crippen molar-refractivity contribution in [3.63, 3.8) is 0 Å². The monoisotopic (exact) mass is 373 g/mol. The average molecular weight is 374 g/mol. The highest BCUT2D eigenvalue weighted by atomic mass is 35.5. The number of hydrogen-bond acceptors (Lipinski definition) is 4. The first-order valence-electron chi connectivity index (χ1n) is 8.01. The smallest absolute Gasteiger partial charge is 0.191 e. The molecule has 130 valence electrons. The highest BCUT2D eigenvalue weighted by molar-refractivity contribution is 7.99. The Labute approximate surface area is 156 Å². The fourth-order valence-corrected chi connectivity index (χ4v) is 3.37. The van der Waals surface area contributed by atoms with Crippen LogP contribution in [0.1, 0.15) is 19.4 Å². The largest absolute Gasteiger partial charge is 0.390 e. The Kier molecular flexibility index (Phi) is 5.47. The first-order chi connectivity index (χ1) is 11.9. The molecule has 0 radical (unpaired) electrons. The number of benzene rings is 2. The zero-order valence-corrected chi connectivity index (χ0v) is 15.8. The van der Waals surface area contributed by atoms with Gasteiger partial charge in [0.15, 0.2) is 11.0 Å². The summed E-state index contributed by atoms with van der Waals surface area (Å²) in [5, 5.41) is 20.2. The van der Waals surface area contributed by atoms with Crippen molar-refractivity contribution in [3.05, 3.63) is 65.2 Å². The van der Waals surface area contributed by atoms with E-state index in [2.05, 4.69) is 26.9 Å². The molecule has 0 fully saturated rings. The molecule has 0 aliphatic carbocycles. The summed E-state index contributed by atoms with van der Waals surface area (Å²) in [7, 11) is 0. The number of hydrogen-bond donors (Lipinski definition) is 1. The second-order valence-electron chi connectivity index (χ2n) is 6.49. The number of rotatable bonds is 6. The first kappa shape index (κ1) is 18.0. The molecule has 0 bridgehead atoms. The quantitative estimate of drug-likeness (QED) is 0.646. The summed E-state index contributed by atoms with van der Waals surface area (Å²) in [6, 6.07) is 17.8. The summed E-state index contributed by atoms with van der Waals surface area (Å²) < 4.78 is 2.08. The maximum Gasteiger partial charge on any atom is 0.191 e. The van der Waals surface area contributed by atoms with Gasteiger partial charge in [0.25, 0.3) is 0 Å². The number of halogens is 1. The van der Waals surface area contributed by atoms with Crippen LogP contribution in [0.15, 0.2) is 59.8 Å². The second-order valence-corrected chi connectivity index (χ2v) is 7.86. The first-order valence-corrected chi connectivity index (χ1v) is 9.37. The van der Waals surface area contributed by atoms with E-state index < -0.39 is 5.60 Å². The molecule has 1 aromatic heterocycles. The molecule has 0 atom stereocenters. The summed E-state index contributed by atoms with van der Waals surface area (Å²) in [4.78, 5) is 0. The molecule has 3 aromatic rings. The van der Waals surface area contributed by atoms with E-state index in [-0.39, 0.29) is 0 Å². The van der Waals surface area contributed by atoms with Gasteiger partial charge in [0.05, 0.1) is 12.1 Å². The zero-order valence-electron chi connectivity index (χ0n) is 14.2. The van der Waals surface area contributed by atoms with Crippen molar-refractivity contribution >= 4 is 23.4 Å². The number of aromatic nitrogens is 3. The van der Waals surface area contributed by atoms with Gasteiger partial charge in [0, 0.05) is 16.3 Å². The molecule has 2 aromatic carbocycles. The molecule has 0 aliphatic heterocycles. The molecule has 0 saturated heterocycles. The summed E-state index contributed by atoms with van der Waals surface area (Å²) >= 11 is 7.50. The van der Waals surface area contributed by atoms with Crippen LogP contribution in [-0.4, -0.2) is 31.2 Å². The highest BCUT2D eigenvalue weighted by Crippen LogP contribution is 2.27. The van der Waals surface area contributed by atoms with Crippen molar-refractivity contribution < 1.29 is 5.11 Å². The van der Waals surface area contributed by atoms with Gasteiger partial charge in [-0.2, -0.15) is 0 Å². The second kappa shape index (κ2) is 7.60. The van der Waals surface area contributed by atoms with Gasteiger partial charge in [-0.05, 0) is 43.7 Å². The lowest BCUT2D eigenvalue weighted by molar-refractivity contribution is 0.107. The van der Waals surface area contributed by atoms with Crippen LogP contribution in [-0.2, 0) is 6.54 Å². The topological polar surface area (TPSA) is 50.9 Å². The van der Waals surface area contributed by atoms with Crippen LogP contribution in [0.25, 0.3) is 11.4 Å². The lowest BCUT2D eigenvalue weighted by Gasteiger charge is -2.16. The molecule has 0 spiro atoms. The SMILES string of the molecule is CC(C)(O)CSc1nnc(-c2ccc(Cl)cc2)n1Cc1ccccc1. The predicted molar refractivity (Wildman–Crippen MR) is 103 cm³/mol. The van der Waals surface area contributed by atoms with Crippen molar-refractivity contribution in [3.8, 4) is 11.4 Å².